The summed E-state index contributed by atoms with van der Waals surface area (Å²) in [5, 5.41) is 3.03. The van der Waals surface area contributed by atoms with E-state index in [9.17, 15) is 4.79 Å². The molecule has 1 aliphatic heterocycles. The minimum atomic E-state index is -0.667. The van der Waals surface area contributed by atoms with Gasteiger partial charge in [-0.15, -0.1) is 0 Å². The molecule has 21 heavy (non-hydrogen) atoms. The molecule has 1 heterocycles. The monoisotopic (exact) mass is 287 g/mol. The van der Waals surface area contributed by atoms with Gasteiger partial charge in [0.25, 0.3) is 0 Å². The lowest BCUT2D eigenvalue weighted by molar-refractivity contribution is -0.121. The second-order valence-electron chi connectivity index (χ2n) is 6.51. The molecule has 2 aliphatic rings. The molecule has 1 aromatic rings. The topological polar surface area (TPSA) is 58.4 Å². The Labute approximate surface area is 126 Å². The van der Waals surface area contributed by atoms with Gasteiger partial charge in [-0.1, -0.05) is 12.8 Å². The zero-order valence-electron chi connectivity index (χ0n) is 12.8. The van der Waals surface area contributed by atoms with Crippen molar-refractivity contribution in [3.05, 3.63) is 23.8 Å². The average molecular weight is 287 g/mol. The molecule has 0 spiro atoms. The maximum absolute atomic E-state index is 12.4. The number of nitrogens with zero attached hydrogens (tertiary/aromatic N) is 1. The molecule has 4 heteroatoms. The van der Waals surface area contributed by atoms with Gasteiger partial charge in [-0.05, 0) is 56.4 Å². The van der Waals surface area contributed by atoms with Gasteiger partial charge in [-0.3, -0.25) is 4.79 Å². The van der Waals surface area contributed by atoms with Gasteiger partial charge in [0.1, 0.15) is 0 Å². The molecule has 3 rings (SSSR count). The van der Waals surface area contributed by atoms with E-state index in [4.69, 9.17) is 5.73 Å². The van der Waals surface area contributed by atoms with Crippen molar-refractivity contribution in [1.82, 2.24) is 0 Å². The minimum absolute atomic E-state index is 0.0305. The molecular weight excluding hydrogens is 262 g/mol. The summed E-state index contributed by atoms with van der Waals surface area (Å²) in [5.74, 6) is -0.0305. The lowest BCUT2D eigenvalue weighted by Crippen LogP contribution is -2.48. The lowest BCUT2D eigenvalue weighted by Gasteiger charge is -2.24. The van der Waals surface area contributed by atoms with E-state index in [0.717, 1.165) is 50.0 Å². The molecule has 0 radical (unpaired) electrons. The molecule has 1 aromatic carbocycles. The fourth-order valence-electron chi connectivity index (χ4n) is 3.44. The van der Waals surface area contributed by atoms with Gasteiger partial charge < -0.3 is 16.0 Å². The quantitative estimate of drug-likeness (QED) is 0.898. The summed E-state index contributed by atoms with van der Waals surface area (Å²) in [6, 6.07) is 6.28. The molecule has 0 unspecified atom stereocenters. The van der Waals surface area contributed by atoms with Gasteiger partial charge in [0.2, 0.25) is 5.91 Å². The van der Waals surface area contributed by atoms with Crippen LogP contribution in [0.1, 0.15) is 44.1 Å². The summed E-state index contributed by atoms with van der Waals surface area (Å²) < 4.78 is 0. The van der Waals surface area contributed by atoms with Gasteiger partial charge in [0, 0.05) is 24.5 Å². The third-order valence-corrected chi connectivity index (χ3v) is 4.88. The first-order valence-electron chi connectivity index (χ1n) is 8.04. The number of nitrogens with one attached hydrogen (secondary N) is 1. The third kappa shape index (κ3) is 2.91. The number of hydrogen-bond acceptors (Lipinski definition) is 3. The first kappa shape index (κ1) is 14.4. The van der Waals surface area contributed by atoms with E-state index in [0.29, 0.717) is 0 Å². The van der Waals surface area contributed by atoms with E-state index in [-0.39, 0.29) is 5.91 Å². The van der Waals surface area contributed by atoms with Crippen LogP contribution in [0.5, 0.6) is 0 Å². The Balaban J connectivity index is 1.72. The van der Waals surface area contributed by atoms with Crippen molar-refractivity contribution < 1.29 is 4.79 Å². The first-order chi connectivity index (χ1) is 10.1. The molecule has 0 atom stereocenters. The largest absolute Gasteiger partial charge is 0.372 e. The second-order valence-corrected chi connectivity index (χ2v) is 6.51. The highest BCUT2D eigenvalue weighted by Crippen LogP contribution is 2.30. The summed E-state index contributed by atoms with van der Waals surface area (Å²) in [4.78, 5) is 14.8. The number of nitrogens with two attached hydrogens (primary N) is 1. The molecular formula is C17H25N3O. The van der Waals surface area contributed by atoms with Crippen molar-refractivity contribution in [2.75, 3.05) is 23.3 Å². The Morgan fingerprint density at radius 1 is 1.19 bits per heavy atom. The highest BCUT2D eigenvalue weighted by Gasteiger charge is 2.37. The molecule has 1 saturated carbocycles. The average Bonchev–Trinajstić information content (AvgIpc) is 3.13. The van der Waals surface area contributed by atoms with Gasteiger partial charge in [0.05, 0.1) is 5.54 Å². The second kappa shape index (κ2) is 5.68. The van der Waals surface area contributed by atoms with Crippen LogP contribution in [0.15, 0.2) is 18.2 Å². The molecule has 1 saturated heterocycles. The minimum Gasteiger partial charge on any atom is -0.372 e. The van der Waals surface area contributed by atoms with Gasteiger partial charge >= 0.3 is 0 Å². The normalized spacial score (nSPS) is 20.8. The standard InChI is InChI=1S/C17H25N3O/c1-13-12-14(20-10-4-5-11-20)6-7-15(13)19-16(21)17(18)8-2-3-9-17/h6-7,12H,2-5,8-11,18H2,1H3,(H,19,21). The molecule has 4 nitrogen and oxygen atoms in total. The van der Waals surface area contributed by atoms with Crippen LogP contribution in [0.25, 0.3) is 0 Å². The van der Waals surface area contributed by atoms with Crippen LogP contribution in [0.2, 0.25) is 0 Å². The zero-order valence-corrected chi connectivity index (χ0v) is 12.8. The van der Waals surface area contributed by atoms with Crippen LogP contribution >= 0.6 is 0 Å². The van der Waals surface area contributed by atoms with Crippen LogP contribution in [0, 0.1) is 6.92 Å². The number of carbonyl (C=O) groups is 1. The van der Waals surface area contributed by atoms with Crippen molar-refractivity contribution >= 4 is 17.3 Å². The number of amides is 1. The van der Waals surface area contributed by atoms with Crippen molar-refractivity contribution in [3.63, 3.8) is 0 Å². The fraction of sp³-hybridized carbons (Fsp3) is 0.588. The highest BCUT2D eigenvalue weighted by atomic mass is 16.2. The SMILES string of the molecule is Cc1cc(N2CCCC2)ccc1NC(=O)C1(N)CCCC1. The molecule has 2 fully saturated rings. The van der Waals surface area contributed by atoms with Gasteiger partial charge in [0.15, 0.2) is 0 Å². The van der Waals surface area contributed by atoms with Crippen LogP contribution < -0.4 is 16.0 Å². The Hall–Kier alpha value is -1.55. The Bertz CT molecular complexity index is 529. The van der Waals surface area contributed by atoms with E-state index < -0.39 is 5.54 Å². The van der Waals surface area contributed by atoms with Crippen LogP contribution in [-0.2, 0) is 4.79 Å². The molecule has 0 bridgehead atoms. The van der Waals surface area contributed by atoms with Crippen LogP contribution in [-0.4, -0.2) is 24.5 Å². The van der Waals surface area contributed by atoms with E-state index >= 15 is 0 Å². The summed E-state index contributed by atoms with van der Waals surface area (Å²) >= 11 is 0. The van der Waals surface area contributed by atoms with Gasteiger partial charge in [-0.2, -0.15) is 0 Å². The van der Waals surface area contributed by atoms with E-state index in [1.807, 2.05) is 13.0 Å². The number of rotatable bonds is 3. The maximum Gasteiger partial charge on any atom is 0.244 e. The number of aryl methyl sites for hydroxylation is 1. The number of carbonyl (C=O) groups excluding carboxylic acids is 1. The van der Waals surface area contributed by atoms with E-state index in [2.05, 4.69) is 22.3 Å². The summed E-state index contributed by atoms with van der Waals surface area (Å²) in [6.45, 7) is 4.32. The van der Waals surface area contributed by atoms with E-state index in [1.54, 1.807) is 0 Å². The predicted molar refractivity (Wildman–Crippen MR) is 86.6 cm³/mol. The van der Waals surface area contributed by atoms with Crippen LogP contribution in [0.3, 0.4) is 0 Å². The Morgan fingerprint density at radius 2 is 1.86 bits per heavy atom. The predicted octanol–water partition coefficient (Wildman–Crippen LogP) is 2.81. The molecule has 114 valence electrons. The summed E-state index contributed by atoms with van der Waals surface area (Å²) in [5.41, 5.74) is 8.79. The summed E-state index contributed by atoms with van der Waals surface area (Å²) in [7, 11) is 0. The zero-order chi connectivity index (χ0) is 14.9. The van der Waals surface area contributed by atoms with Crippen LogP contribution in [0.4, 0.5) is 11.4 Å². The highest BCUT2D eigenvalue weighted by molar-refractivity contribution is 5.98. The summed E-state index contributed by atoms with van der Waals surface area (Å²) in [6.07, 6.45) is 6.24. The fourth-order valence-corrected chi connectivity index (χ4v) is 3.44. The Morgan fingerprint density at radius 3 is 2.48 bits per heavy atom. The number of hydrogen-bond donors (Lipinski definition) is 2. The first-order valence-corrected chi connectivity index (χ1v) is 8.04. The number of benzene rings is 1. The molecule has 0 aromatic heterocycles. The Kier molecular flexibility index (Phi) is 3.89. The van der Waals surface area contributed by atoms with E-state index in [1.165, 1.54) is 18.5 Å². The maximum atomic E-state index is 12.4. The number of anilines is 2. The molecule has 1 amide bonds. The molecule has 3 N–H and O–H groups in total. The van der Waals surface area contributed by atoms with Crippen molar-refractivity contribution in [2.24, 2.45) is 5.73 Å². The molecule has 1 aliphatic carbocycles. The smallest absolute Gasteiger partial charge is 0.244 e. The van der Waals surface area contributed by atoms with Crippen molar-refractivity contribution in [1.29, 1.82) is 0 Å². The lowest BCUT2D eigenvalue weighted by atomic mass is 9.98. The third-order valence-electron chi connectivity index (χ3n) is 4.88. The van der Waals surface area contributed by atoms with Crippen molar-refractivity contribution in [2.45, 2.75) is 51.0 Å². The van der Waals surface area contributed by atoms with Crippen molar-refractivity contribution in [3.8, 4) is 0 Å². The van der Waals surface area contributed by atoms with Gasteiger partial charge in [-0.25, -0.2) is 0 Å².